The van der Waals surface area contributed by atoms with Gasteiger partial charge in [0.1, 0.15) is 0 Å². The molecule has 0 saturated carbocycles. The summed E-state index contributed by atoms with van der Waals surface area (Å²) in [5.74, 6) is 1.34. The summed E-state index contributed by atoms with van der Waals surface area (Å²) in [5.41, 5.74) is 3.51. The van der Waals surface area contributed by atoms with Crippen molar-refractivity contribution in [2.75, 3.05) is 13.4 Å². The van der Waals surface area contributed by atoms with E-state index in [4.69, 9.17) is 14.2 Å². The monoisotopic (exact) mass is 380 g/mol. The van der Waals surface area contributed by atoms with E-state index in [-0.39, 0.29) is 12.8 Å². The van der Waals surface area contributed by atoms with Gasteiger partial charge >= 0.3 is 5.97 Å². The van der Waals surface area contributed by atoms with Crippen LogP contribution in [0.3, 0.4) is 0 Å². The minimum Gasteiger partial charge on any atom is -0.465 e. The molecule has 4 nitrogen and oxygen atoms in total. The molecule has 5 heteroatoms. The number of thiophene rings is 1. The van der Waals surface area contributed by atoms with E-state index >= 15 is 0 Å². The number of fused-ring (bicyclic) bond motifs is 1. The molecule has 0 radical (unpaired) electrons. The molecule has 0 saturated heterocycles. The second kappa shape index (κ2) is 8.27. The van der Waals surface area contributed by atoms with E-state index in [0.29, 0.717) is 19.4 Å². The molecule has 138 valence electrons. The Morgan fingerprint density at radius 2 is 1.78 bits per heavy atom. The SMILES string of the molecule is O=C(Cc1cccs1)OCCc1cc2c(cc1Cc1ccccc1)OCO2. The lowest BCUT2D eigenvalue weighted by Gasteiger charge is -2.12. The first-order valence-corrected chi connectivity index (χ1v) is 9.79. The van der Waals surface area contributed by atoms with Crippen LogP contribution >= 0.6 is 11.3 Å². The molecule has 0 spiro atoms. The lowest BCUT2D eigenvalue weighted by atomic mass is 9.97. The number of carbonyl (C=O) groups is 1. The lowest BCUT2D eigenvalue weighted by Crippen LogP contribution is -2.10. The van der Waals surface area contributed by atoms with Crippen LogP contribution in [0, 0.1) is 0 Å². The van der Waals surface area contributed by atoms with Crippen LogP contribution in [0.15, 0.2) is 60.0 Å². The topological polar surface area (TPSA) is 44.8 Å². The van der Waals surface area contributed by atoms with Crippen molar-refractivity contribution in [3.8, 4) is 11.5 Å². The van der Waals surface area contributed by atoms with Crippen LogP contribution in [0.2, 0.25) is 0 Å². The fraction of sp³-hybridized carbons (Fsp3) is 0.227. The molecule has 2 aromatic carbocycles. The third-order valence-corrected chi connectivity index (χ3v) is 5.34. The summed E-state index contributed by atoms with van der Waals surface area (Å²) in [4.78, 5) is 13.0. The number of esters is 1. The second-order valence-corrected chi connectivity index (χ2v) is 7.40. The van der Waals surface area contributed by atoms with Crippen LogP contribution in [0.25, 0.3) is 0 Å². The third kappa shape index (κ3) is 4.49. The summed E-state index contributed by atoms with van der Waals surface area (Å²) in [7, 11) is 0. The molecular formula is C22H20O4S. The van der Waals surface area contributed by atoms with Gasteiger partial charge in [-0.1, -0.05) is 36.4 Å². The number of rotatable bonds is 7. The van der Waals surface area contributed by atoms with E-state index in [0.717, 1.165) is 28.4 Å². The number of carbonyl (C=O) groups excluding carboxylic acids is 1. The van der Waals surface area contributed by atoms with E-state index in [1.807, 2.05) is 47.8 Å². The van der Waals surface area contributed by atoms with Crippen molar-refractivity contribution < 1.29 is 19.0 Å². The van der Waals surface area contributed by atoms with Crippen LogP contribution < -0.4 is 9.47 Å². The summed E-state index contributed by atoms with van der Waals surface area (Å²) < 4.78 is 16.5. The van der Waals surface area contributed by atoms with Gasteiger partial charge < -0.3 is 14.2 Å². The van der Waals surface area contributed by atoms with Crippen molar-refractivity contribution in [1.29, 1.82) is 0 Å². The van der Waals surface area contributed by atoms with Crippen molar-refractivity contribution in [2.45, 2.75) is 19.3 Å². The zero-order valence-electron chi connectivity index (χ0n) is 14.9. The molecule has 0 bridgehead atoms. The standard InChI is InChI=1S/C22H20O4S/c23-22(14-19-7-4-10-27-19)24-9-8-17-12-20-21(26-15-25-20)13-18(17)11-16-5-2-1-3-6-16/h1-7,10,12-13H,8-9,11,14-15H2. The van der Waals surface area contributed by atoms with Crippen molar-refractivity contribution in [3.63, 3.8) is 0 Å². The summed E-state index contributed by atoms with van der Waals surface area (Å²) in [6.07, 6.45) is 1.78. The van der Waals surface area contributed by atoms with Crippen molar-refractivity contribution >= 4 is 17.3 Å². The lowest BCUT2D eigenvalue weighted by molar-refractivity contribution is -0.142. The van der Waals surface area contributed by atoms with E-state index in [9.17, 15) is 4.79 Å². The number of hydrogen-bond donors (Lipinski definition) is 0. The Balaban J connectivity index is 1.43. The van der Waals surface area contributed by atoms with Crippen LogP contribution in [0.1, 0.15) is 21.6 Å². The predicted octanol–water partition coefficient (Wildman–Crippen LogP) is 4.40. The maximum absolute atomic E-state index is 12.0. The molecule has 0 N–H and O–H groups in total. The Hall–Kier alpha value is -2.79. The number of hydrogen-bond acceptors (Lipinski definition) is 5. The summed E-state index contributed by atoms with van der Waals surface area (Å²) in [6.45, 7) is 0.602. The first kappa shape index (κ1) is 17.6. The quantitative estimate of drug-likeness (QED) is 0.570. The van der Waals surface area contributed by atoms with E-state index in [2.05, 4.69) is 12.1 Å². The maximum Gasteiger partial charge on any atom is 0.311 e. The highest BCUT2D eigenvalue weighted by atomic mass is 32.1. The van der Waals surface area contributed by atoms with Gasteiger partial charge in [-0.05, 0) is 46.7 Å². The van der Waals surface area contributed by atoms with Crippen LogP contribution in [-0.4, -0.2) is 19.4 Å². The first-order valence-electron chi connectivity index (χ1n) is 8.91. The Morgan fingerprint density at radius 3 is 2.52 bits per heavy atom. The molecule has 3 aromatic rings. The summed E-state index contributed by atoms with van der Waals surface area (Å²) in [6, 6.07) is 18.2. The van der Waals surface area contributed by atoms with Gasteiger partial charge in [-0.2, -0.15) is 0 Å². The van der Waals surface area contributed by atoms with E-state index in [1.165, 1.54) is 11.1 Å². The minimum atomic E-state index is -0.192. The molecule has 0 atom stereocenters. The number of benzene rings is 2. The molecule has 0 fully saturated rings. The van der Waals surface area contributed by atoms with Gasteiger partial charge in [0.2, 0.25) is 6.79 Å². The third-order valence-electron chi connectivity index (χ3n) is 4.47. The van der Waals surface area contributed by atoms with Crippen LogP contribution in [0.5, 0.6) is 11.5 Å². The fourth-order valence-corrected chi connectivity index (χ4v) is 3.81. The Kier molecular flexibility index (Phi) is 5.39. The number of ether oxygens (including phenoxy) is 3. The zero-order chi connectivity index (χ0) is 18.5. The zero-order valence-corrected chi connectivity index (χ0v) is 15.7. The summed E-state index contributed by atoms with van der Waals surface area (Å²) in [5, 5.41) is 1.96. The molecule has 0 aliphatic carbocycles. The predicted molar refractivity (Wildman–Crippen MR) is 104 cm³/mol. The summed E-state index contributed by atoms with van der Waals surface area (Å²) >= 11 is 1.57. The molecular weight excluding hydrogens is 360 g/mol. The van der Waals surface area contributed by atoms with Crippen molar-refractivity contribution in [2.24, 2.45) is 0 Å². The minimum absolute atomic E-state index is 0.192. The molecule has 0 amide bonds. The largest absolute Gasteiger partial charge is 0.465 e. The molecule has 1 aliphatic rings. The van der Waals surface area contributed by atoms with Gasteiger partial charge in [0.05, 0.1) is 13.0 Å². The normalized spacial score (nSPS) is 12.1. The molecule has 0 unspecified atom stereocenters. The Labute approximate surface area is 162 Å². The molecule has 27 heavy (non-hydrogen) atoms. The average Bonchev–Trinajstić information content (AvgIpc) is 3.34. The van der Waals surface area contributed by atoms with Crippen LogP contribution in [-0.2, 0) is 28.8 Å². The van der Waals surface area contributed by atoms with E-state index < -0.39 is 0 Å². The first-order chi connectivity index (χ1) is 13.3. The van der Waals surface area contributed by atoms with Gasteiger partial charge in [0.15, 0.2) is 11.5 Å². The second-order valence-electron chi connectivity index (χ2n) is 6.36. The highest BCUT2D eigenvalue weighted by Gasteiger charge is 2.18. The van der Waals surface area contributed by atoms with Crippen molar-refractivity contribution in [1.82, 2.24) is 0 Å². The maximum atomic E-state index is 12.0. The van der Waals surface area contributed by atoms with Gasteiger partial charge in [-0.15, -0.1) is 11.3 Å². The molecule has 2 heterocycles. The molecule has 1 aromatic heterocycles. The van der Waals surface area contributed by atoms with Crippen LogP contribution in [0.4, 0.5) is 0 Å². The van der Waals surface area contributed by atoms with Gasteiger partial charge in [0, 0.05) is 11.3 Å². The van der Waals surface area contributed by atoms with Crippen molar-refractivity contribution in [3.05, 3.63) is 81.5 Å². The molecule has 4 rings (SSSR count). The van der Waals surface area contributed by atoms with Gasteiger partial charge in [0.25, 0.3) is 0 Å². The van der Waals surface area contributed by atoms with Gasteiger partial charge in [-0.25, -0.2) is 0 Å². The fourth-order valence-electron chi connectivity index (χ4n) is 3.12. The highest BCUT2D eigenvalue weighted by Crippen LogP contribution is 2.35. The van der Waals surface area contributed by atoms with E-state index in [1.54, 1.807) is 11.3 Å². The highest BCUT2D eigenvalue weighted by molar-refractivity contribution is 7.10. The molecule has 1 aliphatic heterocycles. The smallest absolute Gasteiger partial charge is 0.311 e. The Morgan fingerprint density at radius 1 is 1.00 bits per heavy atom. The Bertz CT molecular complexity index is 904. The average molecular weight is 380 g/mol. The van der Waals surface area contributed by atoms with Gasteiger partial charge in [-0.3, -0.25) is 4.79 Å².